The number of ketones is 1. The van der Waals surface area contributed by atoms with E-state index in [-0.39, 0.29) is 5.78 Å². The van der Waals surface area contributed by atoms with Crippen LogP contribution in [0.5, 0.6) is 0 Å². The first-order chi connectivity index (χ1) is 7.79. The summed E-state index contributed by atoms with van der Waals surface area (Å²) >= 11 is 4.49. The molecule has 2 aromatic heterocycles. The predicted octanol–water partition coefficient (Wildman–Crippen LogP) is 3.14. The van der Waals surface area contributed by atoms with Crippen LogP contribution in [0.15, 0.2) is 22.0 Å². The first-order valence-corrected chi connectivity index (χ1v) is 7.48. The number of hydrogen-bond acceptors (Lipinski definition) is 6. The molecule has 2 heterocycles. The SMILES string of the molecule is CCc1ccc(C(=O)CSc2nncs2)s1. The van der Waals surface area contributed by atoms with Crippen LogP contribution in [0.1, 0.15) is 21.5 Å². The zero-order valence-corrected chi connectivity index (χ0v) is 11.1. The molecular weight excluding hydrogens is 260 g/mol. The summed E-state index contributed by atoms with van der Waals surface area (Å²) in [5.74, 6) is 0.615. The van der Waals surface area contributed by atoms with Crippen LogP contribution < -0.4 is 0 Å². The van der Waals surface area contributed by atoms with Gasteiger partial charge in [0.2, 0.25) is 0 Å². The van der Waals surface area contributed by atoms with Crippen molar-refractivity contribution in [3.8, 4) is 0 Å². The summed E-state index contributed by atoms with van der Waals surface area (Å²) in [5, 5.41) is 7.62. The zero-order valence-electron chi connectivity index (χ0n) is 8.67. The van der Waals surface area contributed by atoms with E-state index in [1.54, 1.807) is 16.8 Å². The van der Waals surface area contributed by atoms with E-state index in [0.717, 1.165) is 15.6 Å². The van der Waals surface area contributed by atoms with Gasteiger partial charge in [-0.15, -0.1) is 21.5 Å². The molecule has 0 atom stereocenters. The van der Waals surface area contributed by atoms with Gasteiger partial charge in [0.25, 0.3) is 0 Å². The molecule has 6 heteroatoms. The lowest BCUT2D eigenvalue weighted by Crippen LogP contribution is -1.98. The molecule has 0 amide bonds. The molecule has 0 aliphatic heterocycles. The fourth-order valence-corrected chi connectivity index (χ4v) is 3.49. The lowest BCUT2D eigenvalue weighted by Gasteiger charge is -1.94. The minimum atomic E-state index is 0.171. The largest absolute Gasteiger partial charge is 0.292 e. The molecule has 2 rings (SSSR count). The van der Waals surface area contributed by atoms with Gasteiger partial charge >= 0.3 is 0 Å². The predicted molar refractivity (Wildman–Crippen MR) is 68.7 cm³/mol. The molecule has 16 heavy (non-hydrogen) atoms. The second-order valence-electron chi connectivity index (χ2n) is 3.04. The van der Waals surface area contributed by atoms with E-state index in [2.05, 4.69) is 17.1 Å². The molecule has 2 aromatic rings. The topological polar surface area (TPSA) is 42.9 Å². The van der Waals surface area contributed by atoms with E-state index in [1.807, 2.05) is 12.1 Å². The van der Waals surface area contributed by atoms with Crippen molar-refractivity contribution in [1.29, 1.82) is 0 Å². The van der Waals surface area contributed by atoms with Crippen molar-refractivity contribution in [2.24, 2.45) is 0 Å². The highest BCUT2D eigenvalue weighted by Gasteiger charge is 2.10. The van der Waals surface area contributed by atoms with Crippen LogP contribution in [-0.4, -0.2) is 21.7 Å². The number of carbonyl (C=O) groups excluding carboxylic acids is 1. The maximum absolute atomic E-state index is 11.8. The van der Waals surface area contributed by atoms with Gasteiger partial charge in [-0.05, 0) is 18.6 Å². The Bertz CT molecular complexity index is 464. The number of Topliss-reactive ketones (excluding diaryl/α,β-unsaturated/α-hetero) is 1. The molecule has 3 nitrogen and oxygen atoms in total. The summed E-state index contributed by atoms with van der Waals surface area (Å²) < 4.78 is 0.848. The van der Waals surface area contributed by atoms with Crippen LogP contribution >= 0.6 is 34.4 Å². The lowest BCUT2D eigenvalue weighted by molar-refractivity contribution is 0.102. The Morgan fingerprint density at radius 1 is 1.50 bits per heavy atom. The molecule has 0 fully saturated rings. The number of aryl methyl sites for hydroxylation is 1. The van der Waals surface area contributed by atoms with Gasteiger partial charge in [-0.1, -0.05) is 30.0 Å². The average molecular weight is 270 g/mol. The molecule has 0 bridgehead atoms. The van der Waals surface area contributed by atoms with Crippen LogP contribution in [0.4, 0.5) is 0 Å². The number of carbonyl (C=O) groups is 1. The average Bonchev–Trinajstić information content (AvgIpc) is 2.96. The second-order valence-corrected chi connectivity index (χ2v) is 6.26. The third kappa shape index (κ3) is 2.90. The third-order valence-corrected chi connectivity index (χ3v) is 5.08. The van der Waals surface area contributed by atoms with Crippen molar-refractivity contribution in [2.45, 2.75) is 17.7 Å². The highest BCUT2D eigenvalue weighted by atomic mass is 32.2. The number of nitrogens with zero attached hydrogens (tertiary/aromatic N) is 2. The first-order valence-electron chi connectivity index (χ1n) is 4.80. The Labute approximate surface area is 106 Å². The van der Waals surface area contributed by atoms with Crippen molar-refractivity contribution in [2.75, 3.05) is 5.75 Å². The summed E-state index contributed by atoms with van der Waals surface area (Å²) in [6.45, 7) is 2.09. The summed E-state index contributed by atoms with van der Waals surface area (Å²) in [6.07, 6.45) is 0.988. The van der Waals surface area contributed by atoms with Gasteiger partial charge < -0.3 is 0 Å². The van der Waals surface area contributed by atoms with E-state index in [1.165, 1.54) is 28.0 Å². The Balaban J connectivity index is 1.93. The molecule has 0 saturated carbocycles. The fourth-order valence-electron chi connectivity index (χ4n) is 1.14. The molecule has 0 unspecified atom stereocenters. The highest BCUT2D eigenvalue weighted by Crippen LogP contribution is 2.23. The van der Waals surface area contributed by atoms with Crippen LogP contribution in [-0.2, 0) is 6.42 Å². The number of rotatable bonds is 5. The van der Waals surface area contributed by atoms with Crippen molar-refractivity contribution in [3.63, 3.8) is 0 Å². The van der Waals surface area contributed by atoms with Crippen LogP contribution in [0.3, 0.4) is 0 Å². The second kappa shape index (κ2) is 5.56. The number of thiophene rings is 1. The smallest absolute Gasteiger partial charge is 0.183 e. The van der Waals surface area contributed by atoms with Crippen molar-refractivity contribution >= 4 is 40.2 Å². The number of aromatic nitrogens is 2. The lowest BCUT2D eigenvalue weighted by atomic mass is 10.3. The summed E-state index contributed by atoms with van der Waals surface area (Å²) in [5.41, 5.74) is 1.67. The van der Waals surface area contributed by atoms with Gasteiger partial charge in [-0.2, -0.15) is 0 Å². The van der Waals surface area contributed by atoms with Gasteiger partial charge in [-0.3, -0.25) is 4.79 Å². The molecule has 0 radical (unpaired) electrons. The van der Waals surface area contributed by atoms with E-state index in [4.69, 9.17) is 0 Å². The molecule has 0 aliphatic rings. The molecule has 0 aromatic carbocycles. The summed E-state index contributed by atoms with van der Waals surface area (Å²) in [4.78, 5) is 13.9. The minimum absolute atomic E-state index is 0.171. The van der Waals surface area contributed by atoms with Gasteiger partial charge in [0.05, 0.1) is 10.6 Å². The number of hydrogen-bond donors (Lipinski definition) is 0. The first kappa shape index (κ1) is 11.8. The minimum Gasteiger partial charge on any atom is -0.292 e. The maximum Gasteiger partial charge on any atom is 0.183 e. The van der Waals surface area contributed by atoms with Gasteiger partial charge in [0.1, 0.15) is 5.51 Å². The normalized spacial score (nSPS) is 10.6. The van der Waals surface area contributed by atoms with Gasteiger partial charge in [0, 0.05) is 4.88 Å². The van der Waals surface area contributed by atoms with Gasteiger partial charge in [-0.25, -0.2) is 0 Å². The number of thioether (sulfide) groups is 1. The monoisotopic (exact) mass is 270 g/mol. The molecule has 0 aliphatic carbocycles. The Kier molecular flexibility index (Phi) is 4.09. The standard InChI is InChI=1S/C10H10N2OS3/c1-2-7-3-4-9(16-7)8(13)5-14-10-12-11-6-15-10/h3-4,6H,2,5H2,1H3. The van der Waals surface area contributed by atoms with Gasteiger partial charge in [0.15, 0.2) is 10.1 Å². The highest BCUT2D eigenvalue weighted by molar-refractivity contribution is 8.01. The Morgan fingerprint density at radius 2 is 2.38 bits per heavy atom. The van der Waals surface area contributed by atoms with Crippen LogP contribution in [0.2, 0.25) is 0 Å². The maximum atomic E-state index is 11.8. The fraction of sp³-hybridized carbons (Fsp3) is 0.300. The quantitative estimate of drug-likeness (QED) is 0.618. The Morgan fingerprint density at radius 3 is 3.00 bits per heavy atom. The van der Waals surface area contributed by atoms with Crippen LogP contribution in [0, 0.1) is 0 Å². The summed E-state index contributed by atoms with van der Waals surface area (Å²) in [7, 11) is 0. The van der Waals surface area contributed by atoms with Crippen molar-refractivity contribution < 1.29 is 4.79 Å². The molecule has 0 N–H and O–H groups in total. The zero-order chi connectivity index (χ0) is 11.4. The molecule has 84 valence electrons. The van der Waals surface area contributed by atoms with E-state index >= 15 is 0 Å². The molecular formula is C10H10N2OS3. The molecule has 0 saturated heterocycles. The third-order valence-electron chi connectivity index (χ3n) is 1.95. The Hall–Kier alpha value is -0.720. The van der Waals surface area contributed by atoms with Crippen LogP contribution in [0.25, 0.3) is 0 Å². The summed E-state index contributed by atoms with van der Waals surface area (Å²) in [6, 6.07) is 3.93. The van der Waals surface area contributed by atoms with E-state index in [9.17, 15) is 4.79 Å². The van der Waals surface area contributed by atoms with E-state index < -0.39 is 0 Å². The van der Waals surface area contributed by atoms with Crippen molar-refractivity contribution in [3.05, 3.63) is 27.4 Å². The molecule has 0 spiro atoms. The van der Waals surface area contributed by atoms with E-state index in [0.29, 0.717) is 5.75 Å². The van der Waals surface area contributed by atoms with Crippen molar-refractivity contribution in [1.82, 2.24) is 10.2 Å².